The summed E-state index contributed by atoms with van der Waals surface area (Å²) in [4.78, 5) is 26.1. The monoisotopic (exact) mass is 427 g/mol. The van der Waals surface area contributed by atoms with E-state index in [4.69, 9.17) is 11.6 Å². The number of carbonyl (C=O) groups is 1. The van der Waals surface area contributed by atoms with E-state index in [0.717, 1.165) is 30.5 Å². The molecule has 0 radical (unpaired) electrons. The second-order valence-corrected chi connectivity index (χ2v) is 8.78. The predicted octanol–water partition coefficient (Wildman–Crippen LogP) is 4.47. The Balaban J connectivity index is 1.33. The Hall–Kier alpha value is -2.18. The third-order valence-electron chi connectivity index (χ3n) is 6.22. The first-order chi connectivity index (χ1) is 14.7. The molecule has 1 amide bonds. The molecular weight excluding hydrogens is 398 g/mol. The zero-order valence-electron chi connectivity index (χ0n) is 17.4. The van der Waals surface area contributed by atoms with Crippen LogP contribution < -0.4 is 10.2 Å². The SMILES string of the molecule is O=C(Nc1cccnc1N1CCC(CCN2CCCCC2)CC1)c1cncc(Cl)c1. The summed E-state index contributed by atoms with van der Waals surface area (Å²) in [5, 5.41) is 3.43. The summed E-state index contributed by atoms with van der Waals surface area (Å²) in [5.74, 6) is 1.40. The van der Waals surface area contributed by atoms with Gasteiger partial charge in [-0.2, -0.15) is 0 Å². The second-order valence-electron chi connectivity index (χ2n) is 8.34. The molecule has 2 aromatic rings. The van der Waals surface area contributed by atoms with E-state index >= 15 is 0 Å². The van der Waals surface area contributed by atoms with Gasteiger partial charge in [0.1, 0.15) is 0 Å². The molecule has 0 aliphatic carbocycles. The molecule has 0 unspecified atom stereocenters. The van der Waals surface area contributed by atoms with Gasteiger partial charge in [-0.15, -0.1) is 0 Å². The van der Waals surface area contributed by atoms with Gasteiger partial charge in [-0.05, 0) is 75.9 Å². The minimum absolute atomic E-state index is 0.226. The largest absolute Gasteiger partial charge is 0.355 e. The number of likely N-dealkylation sites (tertiary alicyclic amines) is 1. The average Bonchev–Trinajstić information content (AvgIpc) is 2.79. The number of hydrogen-bond acceptors (Lipinski definition) is 5. The van der Waals surface area contributed by atoms with Crippen LogP contribution in [0.3, 0.4) is 0 Å². The zero-order valence-corrected chi connectivity index (χ0v) is 18.2. The molecule has 0 aromatic carbocycles. The summed E-state index contributed by atoms with van der Waals surface area (Å²) in [7, 11) is 0. The number of aromatic nitrogens is 2. The number of amides is 1. The lowest BCUT2D eigenvalue weighted by atomic mass is 9.93. The fourth-order valence-corrected chi connectivity index (χ4v) is 4.63. The molecule has 0 bridgehead atoms. The molecule has 2 aliphatic heterocycles. The highest BCUT2D eigenvalue weighted by molar-refractivity contribution is 6.30. The summed E-state index contributed by atoms with van der Waals surface area (Å²) in [6.45, 7) is 5.74. The highest BCUT2D eigenvalue weighted by atomic mass is 35.5. The summed E-state index contributed by atoms with van der Waals surface area (Å²) in [5.41, 5.74) is 1.17. The first kappa shape index (κ1) is 21.1. The molecule has 6 nitrogen and oxygen atoms in total. The average molecular weight is 428 g/mol. The minimum Gasteiger partial charge on any atom is -0.355 e. The van der Waals surface area contributed by atoms with E-state index in [0.29, 0.717) is 10.6 Å². The lowest BCUT2D eigenvalue weighted by Crippen LogP contribution is -2.37. The fourth-order valence-electron chi connectivity index (χ4n) is 4.46. The summed E-state index contributed by atoms with van der Waals surface area (Å²) < 4.78 is 0. The van der Waals surface area contributed by atoms with Crippen molar-refractivity contribution in [2.75, 3.05) is 42.9 Å². The van der Waals surface area contributed by atoms with E-state index in [-0.39, 0.29) is 5.91 Å². The molecule has 160 valence electrons. The van der Waals surface area contributed by atoms with Gasteiger partial charge >= 0.3 is 0 Å². The van der Waals surface area contributed by atoms with Crippen molar-refractivity contribution in [3.8, 4) is 0 Å². The molecule has 1 N–H and O–H groups in total. The number of anilines is 2. The van der Waals surface area contributed by atoms with E-state index in [1.54, 1.807) is 12.3 Å². The number of piperidine rings is 2. The third-order valence-corrected chi connectivity index (χ3v) is 6.42. The van der Waals surface area contributed by atoms with Crippen molar-refractivity contribution in [2.45, 2.75) is 38.5 Å². The highest BCUT2D eigenvalue weighted by Crippen LogP contribution is 2.29. The van der Waals surface area contributed by atoms with Crippen LogP contribution in [-0.4, -0.2) is 53.5 Å². The molecular formula is C23H30ClN5O. The predicted molar refractivity (Wildman–Crippen MR) is 121 cm³/mol. The number of carbonyl (C=O) groups excluding carboxylic acids is 1. The van der Waals surface area contributed by atoms with Crippen molar-refractivity contribution >= 4 is 29.0 Å². The molecule has 0 atom stereocenters. The van der Waals surface area contributed by atoms with Crippen LogP contribution in [-0.2, 0) is 0 Å². The standard InChI is InChI=1S/C23H30ClN5O/c24-20-15-19(16-25-17-20)23(30)27-21-5-4-9-26-22(21)29-13-7-18(8-14-29)6-12-28-10-2-1-3-11-28/h4-5,9,15-18H,1-3,6-8,10-14H2,(H,27,30). The van der Waals surface area contributed by atoms with Gasteiger partial charge in [-0.25, -0.2) is 4.98 Å². The van der Waals surface area contributed by atoms with Gasteiger partial charge in [0, 0.05) is 31.7 Å². The summed E-state index contributed by atoms with van der Waals surface area (Å²) in [6.07, 6.45) is 12.6. The van der Waals surface area contributed by atoms with E-state index < -0.39 is 0 Å². The zero-order chi connectivity index (χ0) is 20.8. The molecule has 0 saturated carbocycles. The van der Waals surface area contributed by atoms with Gasteiger partial charge in [0.05, 0.1) is 16.3 Å². The van der Waals surface area contributed by atoms with Crippen molar-refractivity contribution in [1.29, 1.82) is 0 Å². The molecule has 4 rings (SSSR count). The first-order valence-electron chi connectivity index (χ1n) is 11.0. The van der Waals surface area contributed by atoms with E-state index in [9.17, 15) is 4.79 Å². The van der Waals surface area contributed by atoms with E-state index in [2.05, 4.69) is 25.1 Å². The van der Waals surface area contributed by atoms with Gasteiger partial charge < -0.3 is 15.1 Å². The van der Waals surface area contributed by atoms with Gasteiger partial charge in [-0.1, -0.05) is 18.0 Å². The Morgan fingerprint density at radius 2 is 1.93 bits per heavy atom. The molecule has 0 spiro atoms. The molecule has 2 fully saturated rings. The number of halogens is 1. The molecule has 2 saturated heterocycles. The molecule has 4 heterocycles. The summed E-state index contributed by atoms with van der Waals surface area (Å²) in [6, 6.07) is 5.37. The van der Waals surface area contributed by atoms with Crippen LogP contribution in [0, 0.1) is 5.92 Å². The molecule has 7 heteroatoms. The third kappa shape index (κ3) is 5.49. The van der Waals surface area contributed by atoms with Crippen LogP contribution in [0.4, 0.5) is 11.5 Å². The van der Waals surface area contributed by atoms with Crippen molar-refractivity contribution in [1.82, 2.24) is 14.9 Å². The minimum atomic E-state index is -0.226. The van der Waals surface area contributed by atoms with Crippen molar-refractivity contribution < 1.29 is 4.79 Å². The molecule has 30 heavy (non-hydrogen) atoms. The van der Waals surface area contributed by atoms with Crippen LogP contribution in [0.25, 0.3) is 0 Å². The second kappa shape index (κ2) is 10.2. The van der Waals surface area contributed by atoms with Crippen LogP contribution in [0.2, 0.25) is 5.02 Å². The number of rotatable bonds is 6. The quantitative estimate of drug-likeness (QED) is 0.736. The fraction of sp³-hybridized carbons (Fsp3) is 0.522. The Bertz CT molecular complexity index is 847. The number of hydrogen-bond donors (Lipinski definition) is 1. The van der Waals surface area contributed by atoms with Gasteiger partial charge in [0.25, 0.3) is 5.91 Å². The van der Waals surface area contributed by atoms with Gasteiger partial charge in [-0.3, -0.25) is 9.78 Å². The lowest BCUT2D eigenvalue weighted by molar-refractivity contribution is 0.102. The molecule has 2 aliphatic rings. The van der Waals surface area contributed by atoms with Crippen LogP contribution in [0.15, 0.2) is 36.8 Å². The summed E-state index contributed by atoms with van der Waals surface area (Å²) >= 11 is 5.97. The maximum Gasteiger partial charge on any atom is 0.257 e. The topological polar surface area (TPSA) is 61.4 Å². The smallest absolute Gasteiger partial charge is 0.257 e. The first-order valence-corrected chi connectivity index (χ1v) is 11.4. The van der Waals surface area contributed by atoms with Crippen molar-refractivity contribution in [2.24, 2.45) is 5.92 Å². The van der Waals surface area contributed by atoms with Crippen molar-refractivity contribution in [3.05, 3.63) is 47.4 Å². The Morgan fingerprint density at radius 3 is 2.70 bits per heavy atom. The molecule has 2 aromatic heterocycles. The maximum atomic E-state index is 12.6. The van der Waals surface area contributed by atoms with Crippen LogP contribution in [0.1, 0.15) is 48.9 Å². The number of nitrogens with zero attached hydrogens (tertiary/aromatic N) is 4. The maximum absolute atomic E-state index is 12.6. The number of pyridine rings is 2. The Kier molecular flexibility index (Phi) is 7.18. The number of nitrogens with one attached hydrogen (secondary N) is 1. The van der Waals surface area contributed by atoms with Crippen LogP contribution >= 0.6 is 11.6 Å². The lowest BCUT2D eigenvalue weighted by Gasteiger charge is -2.35. The van der Waals surface area contributed by atoms with Gasteiger partial charge in [0.15, 0.2) is 5.82 Å². The van der Waals surface area contributed by atoms with E-state index in [1.807, 2.05) is 12.1 Å². The normalized spacial score (nSPS) is 18.4. The Morgan fingerprint density at radius 1 is 1.13 bits per heavy atom. The van der Waals surface area contributed by atoms with Gasteiger partial charge in [0.2, 0.25) is 0 Å². The van der Waals surface area contributed by atoms with Crippen LogP contribution in [0.5, 0.6) is 0 Å². The highest BCUT2D eigenvalue weighted by Gasteiger charge is 2.23. The van der Waals surface area contributed by atoms with Crippen molar-refractivity contribution in [3.63, 3.8) is 0 Å². The van der Waals surface area contributed by atoms with E-state index in [1.165, 1.54) is 70.6 Å². The Labute approximate surface area is 183 Å².